The Labute approximate surface area is 178 Å². The summed E-state index contributed by atoms with van der Waals surface area (Å²) in [4.78, 5) is 0. The fourth-order valence-corrected chi connectivity index (χ4v) is 3.33. The number of ether oxygens (including phenoxy) is 6. The molecule has 0 aromatic heterocycles. The average molecular weight is 410 g/mol. The molecule has 0 aliphatic rings. The van der Waals surface area contributed by atoms with Crippen molar-refractivity contribution in [1.82, 2.24) is 0 Å². The van der Waals surface area contributed by atoms with Gasteiger partial charge in [0, 0.05) is 0 Å². The van der Waals surface area contributed by atoms with E-state index in [1.54, 1.807) is 66.9 Å². The van der Waals surface area contributed by atoms with Crippen LogP contribution in [0.4, 0.5) is 0 Å². The maximum atomic E-state index is 5.92. The monoisotopic (exact) mass is 410 g/mol. The number of rotatable bonds is 9. The van der Waals surface area contributed by atoms with Gasteiger partial charge in [-0.1, -0.05) is 11.8 Å². The minimum atomic E-state index is -0.480. The lowest BCUT2D eigenvalue weighted by Crippen LogP contribution is -2.10. The zero-order valence-electron chi connectivity index (χ0n) is 18.1. The van der Waals surface area contributed by atoms with Crippen LogP contribution in [0.15, 0.2) is 24.3 Å². The van der Waals surface area contributed by atoms with Crippen LogP contribution in [0.5, 0.6) is 34.5 Å². The fraction of sp³-hybridized carbons (Fsp3) is 0.333. The Bertz CT molecular complexity index is 837. The highest BCUT2D eigenvalue weighted by molar-refractivity contribution is 5.59. The van der Waals surface area contributed by atoms with Crippen molar-refractivity contribution in [3.05, 3.63) is 35.4 Å². The van der Waals surface area contributed by atoms with E-state index in [1.807, 2.05) is 0 Å². The van der Waals surface area contributed by atoms with Gasteiger partial charge in [-0.3, -0.25) is 0 Å². The second-order valence-electron chi connectivity index (χ2n) is 6.21. The molecule has 0 spiro atoms. The van der Waals surface area contributed by atoms with Gasteiger partial charge < -0.3 is 28.4 Å². The smallest absolute Gasteiger partial charge is 0.203 e. The summed E-state index contributed by atoms with van der Waals surface area (Å²) in [5.74, 6) is 7.57. The van der Waals surface area contributed by atoms with Gasteiger partial charge in [0.15, 0.2) is 23.0 Å². The van der Waals surface area contributed by atoms with Crippen LogP contribution < -0.4 is 28.4 Å². The minimum Gasteiger partial charge on any atom is -0.493 e. The first kappa shape index (κ1) is 22.6. The van der Waals surface area contributed by atoms with Gasteiger partial charge in [0.1, 0.15) is 0 Å². The van der Waals surface area contributed by atoms with E-state index in [0.29, 0.717) is 34.5 Å². The standard InChI is InChI=1S/C24H26O6/c1-9-17(15-11-19(25-3)23(29-7)20(12-15)26-4)18(10-2)16-13-21(27-5)24(30-8)22(14-16)28-6/h1-2,11-14,17-18H,3-8H3/t17-,18-/m0/s1. The molecular weight excluding hydrogens is 384 g/mol. The minimum absolute atomic E-state index is 0.476. The third-order valence-electron chi connectivity index (χ3n) is 4.78. The van der Waals surface area contributed by atoms with E-state index in [-0.39, 0.29) is 0 Å². The molecule has 2 rings (SSSR count). The topological polar surface area (TPSA) is 55.4 Å². The second-order valence-corrected chi connectivity index (χ2v) is 6.21. The maximum absolute atomic E-state index is 5.92. The largest absolute Gasteiger partial charge is 0.493 e. The van der Waals surface area contributed by atoms with Crippen LogP contribution in [0.25, 0.3) is 0 Å². The number of benzene rings is 2. The number of hydrogen-bond donors (Lipinski definition) is 0. The molecule has 0 N–H and O–H groups in total. The lowest BCUT2D eigenvalue weighted by atomic mass is 9.82. The highest BCUT2D eigenvalue weighted by atomic mass is 16.5. The van der Waals surface area contributed by atoms with E-state index in [4.69, 9.17) is 41.3 Å². The lowest BCUT2D eigenvalue weighted by molar-refractivity contribution is 0.323. The van der Waals surface area contributed by atoms with Crippen LogP contribution in [0.1, 0.15) is 23.0 Å². The second kappa shape index (κ2) is 10.2. The molecule has 158 valence electrons. The molecule has 2 atom stereocenters. The predicted octanol–water partition coefficient (Wildman–Crippen LogP) is 3.87. The molecule has 0 saturated carbocycles. The summed E-state index contributed by atoms with van der Waals surface area (Å²) < 4.78 is 32.6. The Morgan fingerprint density at radius 1 is 0.533 bits per heavy atom. The van der Waals surface area contributed by atoms with Crippen molar-refractivity contribution in [2.75, 3.05) is 42.7 Å². The summed E-state index contributed by atoms with van der Waals surface area (Å²) in [5.41, 5.74) is 1.51. The first-order valence-electron chi connectivity index (χ1n) is 9.05. The molecule has 0 aliphatic heterocycles. The first-order valence-corrected chi connectivity index (χ1v) is 9.05. The molecule has 30 heavy (non-hydrogen) atoms. The van der Waals surface area contributed by atoms with Gasteiger partial charge in [-0.05, 0) is 35.4 Å². The van der Waals surface area contributed by atoms with Crippen LogP contribution >= 0.6 is 0 Å². The molecule has 0 radical (unpaired) electrons. The van der Waals surface area contributed by atoms with Crippen LogP contribution in [0.3, 0.4) is 0 Å². The van der Waals surface area contributed by atoms with Crippen LogP contribution in [-0.4, -0.2) is 42.7 Å². The molecule has 0 saturated heterocycles. The molecule has 0 unspecified atom stereocenters. The van der Waals surface area contributed by atoms with Gasteiger partial charge in [-0.15, -0.1) is 12.8 Å². The third-order valence-corrected chi connectivity index (χ3v) is 4.78. The normalized spacial score (nSPS) is 12.0. The Hall–Kier alpha value is -3.64. The van der Waals surface area contributed by atoms with Gasteiger partial charge >= 0.3 is 0 Å². The van der Waals surface area contributed by atoms with E-state index >= 15 is 0 Å². The lowest BCUT2D eigenvalue weighted by Gasteiger charge is -2.23. The van der Waals surface area contributed by atoms with Gasteiger partial charge in [0.2, 0.25) is 11.5 Å². The van der Waals surface area contributed by atoms with Crippen LogP contribution in [0, 0.1) is 24.7 Å². The Balaban J connectivity index is 2.65. The van der Waals surface area contributed by atoms with Crippen molar-refractivity contribution in [3.63, 3.8) is 0 Å². The number of hydrogen-bond acceptors (Lipinski definition) is 6. The molecular formula is C24H26O6. The van der Waals surface area contributed by atoms with Crippen molar-refractivity contribution in [2.24, 2.45) is 0 Å². The van der Waals surface area contributed by atoms with Crippen molar-refractivity contribution >= 4 is 0 Å². The molecule has 6 nitrogen and oxygen atoms in total. The highest BCUT2D eigenvalue weighted by Gasteiger charge is 2.27. The van der Waals surface area contributed by atoms with Gasteiger partial charge in [0.25, 0.3) is 0 Å². The van der Waals surface area contributed by atoms with E-state index in [2.05, 4.69) is 11.8 Å². The zero-order chi connectivity index (χ0) is 22.3. The number of methoxy groups -OCH3 is 6. The third kappa shape index (κ3) is 4.18. The molecule has 6 heteroatoms. The van der Waals surface area contributed by atoms with Crippen molar-refractivity contribution in [3.8, 4) is 59.2 Å². The predicted molar refractivity (Wildman–Crippen MR) is 115 cm³/mol. The molecule has 0 bridgehead atoms. The molecule has 0 aliphatic carbocycles. The van der Waals surface area contributed by atoms with Crippen molar-refractivity contribution < 1.29 is 28.4 Å². The summed E-state index contributed by atoms with van der Waals surface area (Å²) in [6.45, 7) is 0. The fourth-order valence-electron chi connectivity index (χ4n) is 3.33. The Morgan fingerprint density at radius 3 is 0.967 bits per heavy atom. The number of terminal acetylenes is 2. The Kier molecular flexibility index (Phi) is 7.72. The van der Waals surface area contributed by atoms with Gasteiger partial charge in [-0.25, -0.2) is 0 Å². The van der Waals surface area contributed by atoms with Crippen LogP contribution in [0.2, 0.25) is 0 Å². The molecule has 0 fully saturated rings. The SMILES string of the molecule is C#C[C@@H](c1cc(OC)c(OC)c(OC)c1)[C@@H](C#C)c1cc(OC)c(OC)c(OC)c1. The van der Waals surface area contributed by atoms with E-state index in [9.17, 15) is 0 Å². The van der Waals surface area contributed by atoms with E-state index in [0.717, 1.165) is 11.1 Å². The molecule has 2 aromatic rings. The average Bonchev–Trinajstić information content (AvgIpc) is 2.80. The zero-order valence-corrected chi connectivity index (χ0v) is 18.1. The van der Waals surface area contributed by atoms with Gasteiger partial charge in [0.05, 0.1) is 54.5 Å². The summed E-state index contributed by atoms with van der Waals surface area (Å²) in [5, 5.41) is 0. The summed E-state index contributed by atoms with van der Waals surface area (Å²) in [6, 6.07) is 7.20. The summed E-state index contributed by atoms with van der Waals surface area (Å²) in [7, 11) is 9.26. The van der Waals surface area contributed by atoms with E-state index < -0.39 is 11.8 Å². The molecule has 0 amide bonds. The van der Waals surface area contributed by atoms with Crippen molar-refractivity contribution in [2.45, 2.75) is 11.8 Å². The molecule has 0 heterocycles. The van der Waals surface area contributed by atoms with Gasteiger partial charge in [-0.2, -0.15) is 0 Å². The molecule has 2 aromatic carbocycles. The van der Waals surface area contributed by atoms with E-state index in [1.165, 1.54) is 0 Å². The highest BCUT2D eigenvalue weighted by Crippen LogP contribution is 2.45. The maximum Gasteiger partial charge on any atom is 0.203 e. The summed E-state index contributed by atoms with van der Waals surface area (Å²) in [6.07, 6.45) is 11.8. The first-order chi connectivity index (χ1) is 14.5. The van der Waals surface area contributed by atoms with Crippen LogP contribution in [-0.2, 0) is 0 Å². The Morgan fingerprint density at radius 2 is 0.800 bits per heavy atom. The summed E-state index contributed by atoms with van der Waals surface area (Å²) >= 11 is 0. The van der Waals surface area contributed by atoms with Crippen molar-refractivity contribution in [1.29, 1.82) is 0 Å². The quantitative estimate of drug-likeness (QED) is 0.585.